The summed E-state index contributed by atoms with van der Waals surface area (Å²) in [6.45, 7) is 14.0. The van der Waals surface area contributed by atoms with E-state index < -0.39 is 0 Å². The van der Waals surface area contributed by atoms with Crippen molar-refractivity contribution in [2.24, 2.45) is 4.99 Å². The Morgan fingerprint density at radius 1 is 1.14 bits per heavy atom. The summed E-state index contributed by atoms with van der Waals surface area (Å²) >= 11 is 0. The molecular formula is C12H27NO. The molecule has 2 nitrogen and oxygen atoms in total. The molecule has 14 heavy (non-hydrogen) atoms. The van der Waals surface area contributed by atoms with Gasteiger partial charge in [0.15, 0.2) is 5.90 Å². The van der Waals surface area contributed by atoms with Crippen LogP contribution in [0.3, 0.4) is 0 Å². The summed E-state index contributed by atoms with van der Waals surface area (Å²) in [6, 6.07) is 0. The van der Waals surface area contributed by atoms with Crippen molar-refractivity contribution in [3.8, 4) is 0 Å². The van der Waals surface area contributed by atoms with Crippen LogP contribution in [0, 0.1) is 0 Å². The predicted octanol–water partition coefficient (Wildman–Crippen LogP) is 4.42. The van der Waals surface area contributed by atoms with E-state index in [1.54, 1.807) is 7.11 Å². The molecule has 0 aliphatic heterocycles. The van der Waals surface area contributed by atoms with Gasteiger partial charge in [0, 0.05) is 12.6 Å². The first-order valence-corrected chi connectivity index (χ1v) is 5.44. The fourth-order valence-corrected chi connectivity index (χ4v) is 0.489. The maximum atomic E-state index is 4.96. The number of rotatable bonds is 2. The second-order valence-electron chi connectivity index (χ2n) is 2.29. The lowest BCUT2D eigenvalue weighted by molar-refractivity contribution is 0.392. The fraction of sp³-hybridized carbons (Fsp3) is 0.750. The number of nitrogens with zero attached hydrogens (tertiary/aromatic N) is 1. The van der Waals surface area contributed by atoms with Crippen molar-refractivity contribution in [1.82, 2.24) is 0 Å². The van der Waals surface area contributed by atoms with Gasteiger partial charge in [0.25, 0.3) is 0 Å². The molecule has 0 amide bonds. The van der Waals surface area contributed by atoms with E-state index in [0.717, 1.165) is 12.3 Å². The first-order valence-electron chi connectivity index (χ1n) is 5.44. The van der Waals surface area contributed by atoms with Gasteiger partial charge in [-0.05, 0) is 13.8 Å². The van der Waals surface area contributed by atoms with Crippen LogP contribution in [-0.4, -0.2) is 13.0 Å². The number of allylic oxidation sites excluding steroid dienone is 1. The van der Waals surface area contributed by atoms with E-state index in [0.29, 0.717) is 0 Å². The molecule has 0 aromatic carbocycles. The Morgan fingerprint density at radius 2 is 1.57 bits per heavy atom. The van der Waals surface area contributed by atoms with Crippen LogP contribution in [0.5, 0.6) is 0 Å². The SMILES string of the molecule is CC.CC.CCC(=NC=C(C)C)OC. The molecule has 0 aliphatic carbocycles. The van der Waals surface area contributed by atoms with Crippen molar-refractivity contribution in [2.45, 2.75) is 54.9 Å². The van der Waals surface area contributed by atoms with E-state index in [-0.39, 0.29) is 0 Å². The molecule has 0 saturated heterocycles. The molecule has 0 atom stereocenters. The van der Waals surface area contributed by atoms with Gasteiger partial charge < -0.3 is 4.74 Å². The topological polar surface area (TPSA) is 21.6 Å². The van der Waals surface area contributed by atoms with Crippen molar-refractivity contribution >= 4 is 5.90 Å². The summed E-state index contributed by atoms with van der Waals surface area (Å²) < 4.78 is 4.96. The fourth-order valence-electron chi connectivity index (χ4n) is 0.489. The summed E-state index contributed by atoms with van der Waals surface area (Å²) in [4.78, 5) is 4.09. The zero-order chi connectivity index (χ0) is 12.0. The zero-order valence-electron chi connectivity index (χ0n) is 11.1. The third kappa shape index (κ3) is 17.3. The van der Waals surface area contributed by atoms with Crippen LogP contribution in [0.25, 0.3) is 0 Å². The molecule has 0 unspecified atom stereocenters. The predicted molar refractivity (Wildman–Crippen MR) is 66.9 cm³/mol. The highest BCUT2D eigenvalue weighted by atomic mass is 16.5. The van der Waals surface area contributed by atoms with E-state index in [4.69, 9.17) is 4.74 Å². The minimum atomic E-state index is 0.779. The molecule has 0 fully saturated rings. The number of hydrogen-bond acceptors (Lipinski definition) is 2. The van der Waals surface area contributed by atoms with Crippen LogP contribution in [0.2, 0.25) is 0 Å². The van der Waals surface area contributed by atoms with Crippen molar-refractivity contribution in [3.63, 3.8) is 0 Å². The van der Waals surface area contributed by atoms with Crippen LogP contribution in [-0.2, 0) is 4.74 Å². The minimum absolute atomic E-state index is 0.779. The van der Waals surface area contributed by atoms with Crippen LogP contribution < -0.4 is 0 Å². The highest BCUT2D eigenvalue weighted by Crippen LogP contribution is 1.92. The average molecular weight is 201 g/mol. The number of ether oxygens (including phenoxy) is 1. The molecule has 0 N–H and O–H groups in total. The molecule has 0 aliphatic rings. The van der Waals surface area contributed by atoms with Crippen LogP contribution in [0.15, 0.2) is 16.8 Å². The van der Waals surface area contributed by atoms with Gasteiger partial charge in [-0.2, -0.15) is 0 Å². The Hall–Kier alpha value is -0.790. The van der Waals surface area contributed by atoms with E-state index in [1.807, 2.05) is 54.7 Å². The zero-order valence-corrected chi connectivity index (χ0v) is 11.1. The van der Waals surface area contributed by atoms with Gasteiger partial charge in [-0.3, -0.25) is 0 Å². The monoisotopic (exact) mass is 201 g/mol. The van der Waals surface area contributed by atoms with Crippen molar-refractivity contribution in [2.75, 3.05) is 7.11 Å². The first-order chi connectivity index (χ1) is 6.70. The quantitative estimate of drug-likeness (QED) is 0.479. The molecule has 0 rings (SSSR count). The summed E-state index contributed by atoms with van der Waals surface area (Å²) in [5, 5.41) is 0. The van der Waals surface area contributed by atoms with Gasteiger partial charge in [-0.1, -0.05) is 40.2 Å². The summed E-state index contributed by atoms with van der Waals surface area (Å²) in [5.41, 5.74) is 1.18. The highest BCUT2D eigenvalue weighted by molar-refractivity contribution is 5.76. The van der Waals surface area contributed by atoms with E-state index in [2.05, 4.69) is 4.99 Å². The molecule has 0 bridgehead atoms. The van der Waals surface area contributed by atoms with Crippen LogP contribution in [0.1, 0.15) is 54.9 Å². The van der Waals surface area contributed by atoms with Gasteiger partial charge in [-0.25, -0.2) is 4.99 Å². The normalized spacial score (nSPS) is 8.71. The second kappa shape index (κ2) is 18.1. The molecule has 0 heterocycles. The van der Waals surface area contributed by atoms with Gasteiger partial charge >= 0.3 is 0 Å². The molecule has 0 aromatic heterocycles. The van der Waals surface area contributed by atoms with Crippen LogP contribution in [0.4, 0.5) is 0 Å². The van der Waals surface area contributed by atoms with Crippen molar-refractivity contribution in [3.05, 3.63) is 11.8 Å². The Bertz CT molecular complexity index is 138. The van der Waals surface area contributed by atoms with Gasteiger partial charge in [0.05, 0.1) is 7.11 Å². The lowest BCUT2D eigenvalue weighted by Crippen LogP contribution is -1.96. The standard InChI is InChI=1S/C8H15NO.2C2H6/c1-5-8(10-4)9-6-7(2)3;2*1-2/h6H,5H2,1-4H3;2*1-2H3. The number of aliphatic imine (C=N–C) groups is 1. The largest absolute Gasteiger partial charge is 0.484 e. The van der Waals surface area contributed by atoms with Gasteiger partial charge in [0.1, 0.15) is 0 Å². The first kappa shape index (κ1) is 18.9. The smallest absolute Gasteiger partial charge is 0.187 e. The Kier molecular flexibility index (Phi) is 24.4. The number of methoxy groups -OCH3 is 1. The molecule has 2 heteroatoms. The minimum Gasteiger partial charge on any atom is -0.484 e. The van der Waals surface area contributed by atoms with Gasteiger partial charge in [-0.15, -0.1) is 0 Å². The van der Waals surface area contributed by atoms with Crippen molar-refractivity contribution < 1.29 is 4.74 Å². The van der Waals surface area contributed by atoms with Crippen LogP contribution >= 0.6 is 0 Å². The molecule has 0 radical (unpaired) electrons. The summed E-state index contributed by atoms with van der Waals surface area (Å²) in [6.07, 6.45) is 2.66. The third-order valence-corrected chi connectivity index (χ3v) is 1.00. The second-order valence-corrected chi connectivity index (χ2v) is 2.29. The molecule has 86 valence electrons. The van der Waals surface area contributed by atoms with E-state index in [9.17, 15) is 0 Å². The third-order valence-electron chi connectivity index (χ3n) is 1.00. The molecule has 0 aromatic rings. The Balaban J connectivity index is -0.000000266. The molecular weight excluding hydrogens is 174 g/mol. The summed E-state index contributed by atoms with van der Waals surface area (Å²) in [7, 11) is 1.64. The lowest BCUT2D eigenvalue weighted by atomic mass is 10.4. The lowest BCUT2D eigenvalue weighted by Gasteiger charge is -1.97. The maximum absolute atomic E-state index is 4.96. The number of hydrogen-bond donors (Lipinski definition) is 0. The molecule has 0 spiro atoms. The van der Waals surface area contributed by atoms with Gasteiger partial charge in [0.2, 0.25) is 0 Å². The summed E-state index contributed by atoms with van der Waals surface area (Å²) in [5.74, 6) is 0.779. The maximum Gasteiger partial charge on any atom is 0.187 e. The van der Waals surface area contributed by atoms with Crippen molar-refractivity contribution in [1.29, 1.82) is 0 Å². The molecule has 0 saturated carbocycles. The Labute approximate surface area is 90.1 Å². The average Bonchev–Trinajstić information content (AvgIpc) is 2.25. The Morgan fingerprint density at radius 3 is 1.79 bits per heavy atom. The van der Waals surface area contributed by atoms with E-state index >= 15 is 0 Å². The van der Waals surface area contributed by atoms with E-state index in [1.165, 1.54) is 5.57 Å². The highest BCUT2D eigenvalue weighted by Gasteiger charge is 1.88.